The van der Waals surface area contributed by atoms with E-state index in [2.05, 4.69) is 26.2 Å². The molecule has 134 valence electrons. The van der Waals surface area contributed by atoms with Gasteiger partial charge in [0.15, 0.2) is 12.3 Å². The first-order valence-corrected chi connectivity index (χ1v) is 8.91. The molecular weight excluding hydrogens is 398 g/mol. The zero-order valence-electron chi connectivity index (χ0n) is 14.4. The normalized spacial score (nSPS) is 11.5. The number of carbonyl (C=O) groups is 1. The Morgan fingerprint density at radius 2 is 1.96 bits per heavy atom. The van der Waals surface area contributed by atoms with Crippen LogP contribution in [0.2, 0.25) is 0 Å². The number of rotatable bonds is 5. The highest BCUT2D eigenvalue weighted by atomic mass is 79.9. The first kappa shape index (κ1) is 18.1. The van der Waals surface area contributed by atoms with Crippen LogP contribution in [-0.4, -0.2) is 22.2 Å². The first-order valence-electron chi connectivity index (χ1n) is 8.12. The Hall–Kier alpha value is -2.67. The van der Waals surface area contributed by atoms with Crippen LogP contribution >= 0.6 is 15.9 Å². The van der Waals surface area contributed by atoms with E-state index in [1.165, 1.54) is 0 Å². The molecule has 0 saturated carbocycles. The van der Waals surface area contributed by atoms with Crippen molar-refractivity contribution in [1.82, 2.24) is 4.57 Å². The van der Waals surface area contributed by atoms with Gasteiger partial charge in [-0.3, -0.25) is 4.79 Å². The molecule has 26 heavy (non-hydrogen) atoms. The van der Waals surface area contributed by atoms with Crippen LogP contribution in [0.5, 0.6) is 11.6 Å². The topological polar surface area (TPSA) is 76.2 Å². The number of para-hydroxylation sites is 1. The van der Waals surface area contributed by atoms with Gasteiger partial charge in [0.2, 0.25) is 5.88 Å². The maximum absolute atomic E-state index is 12.0. The lowest BCUT2D eigenvalue weighted by molar-refractivity contribution is -0.120. The second kappa shape index (κ2) is 7.70. The molecule has 0 aliphatic rings. The van der Waals surface area contributed by atoms with Gasteiger partial charge < -0.3 is 14.4 Å². The molecule has 6 nitrogen and oxygen atoms in total. The van der Waals surface area contributed by atoms with Gasteiger partial charge in [-0.15, -0.1) is 10.2 Å². The van der Waals surface area contributed by atoms with E-state index in [9.17, 15) is 9.90 Å². The van der Waals surface area contributed by atoms with E-state index >= 15 is 0 Å². The summed E-state index contributed by atoms with van der Waals surface area (Å²) in [5.74, 6) is 0.0292. The van der Waals surface area contributed by atoms with Crippen LogP contribution in [0.25, 0.3) is 10.9 Å². The number of aromatic nitrogens is 1. The van der Waals surface area contributed by atoms with E-state index in [1.807, 2.05) is 50.2 Å². The molecule has 0 fully saturated rings. The fourth-order valence-electron chi connectivity index (χ4n) is 2.67. The molecule has 0 unspecified atom stereocenters. The van der Waals surface area contributed by atoms with E-state index in [4.69, 9.17) is 4.74 Å². The molecule has 1 aromatic heterocycles. The minimum atomic E-state index is -0.534. The van der Waals surface area contributed by atoms with Crippen molar-refractivity contribution in [3.8, 4) is 11.6 Å². The number of aromatic hydroxyl groups is 1. The number of nitrogens with zero attached hydrogens (tertiary/aromatic N) is 3. The predicted octanol–water partition coefficient (Wildman–Crippen LogP) is 5.38. The minimum Gasteiger partial charge on any atom is -0.493 e. The lowest BCUT2D eigenvalue weighted by atomic mass is 10.2. The van der Waals surface area contributed by atoms with Gasteiger partial charge in [-0.05, 0) is 44.2 Å². The van der Waals surface area contributed by atoms with Crippen molar-refractivity contribution in [2.24, 2.45) is 10.2 Å². The van der Waals surface area contributed by atoms with Crippen LogP contribution in [0, 0.1) is 0 Å². The van der Waals surface area contributed by atoms with E-state index in [1.54, 1.807) is 16.7 Å². The summed E-state index contributed by atoms with van der Waals surface area (Å²) in [5, 5.41) is 18.9. The molecule has 3 rings (SSSR count). The largest absolute Gasteiger partial charge is 0.493 e. The third-order valence-corrected chi connectivity index (χ3v) is 4.29. The van der Waals surface area contributed by atoms with Crippen molar-refractivity contribution in [1.29, 1.82) is 0 Å². The SMILES string of the molecule is CC(C)n1c(O)c(N=NC(=O)COc2ccccc2)c2cc(Br)ccc21. The summed E-state index contributed by atoms with van der Waals surface area (Å²) in [6.45, 7) is 3.70. The van der Waals surface area contributed by atoms with E-state index < -0.39 is 5.91 Å². The van der Waals surface area contributed by atoms with Crippen LogP contribution in [-0.2, 0) is 4.79 Å². The third-order valence-electron chi connectivity index (χ3n) is 3.80. The first-order chi connectivity index (χ1) is 12.5. The van der Waals surface area contributed by atoms with E-state index in [0.29, 0.717) is 11.1 Å². The van der Waals surface area contributed by atoms with Gasteiger partial charge in [-0.1, -0.05) is 34.1 Å². The van der Waals surface area contributed by atoms with E-state index in [-0.39, 0.29) is 24.2 Å². The maximum Gasteiger partial charge on any atom is 0.302 e. The number of amides is 1. The summed E-state index contributed by atoms with van der Waals surface area (Å²) < 4.78 is 7.96. The molecule has 0 atom stereocenters. The van der Waals surface area contributed by atoms with Gasteiger partial charge in [0.25, 0.3) is 0 Å². The Balaban J connectivity index is 1.85. The second-order valence-corrected chi connectivity index (χ2v) is 6.91. The highest BCUT2D eigenvalue weighted by Gasteiger charge is 2.19. The molecular formula is C19H18BrN3O3. The Bertz CT molecular complexity index is 965. The highest BCUT2D eigenvalue weighted by molar-refractivity contribution is 9.10. The fraction of sp³-hybridized carbons (Fsp3) is 0.211. The summed E-state index contributed by atoms with van der Waals surface area (Å²) in [6.07, 6.45) is 0. The molecule has 0 aliphatic carbocycles. The number of halogens is 1. The van der Waals surface area contributed by atoms with Gasteiger partial charge in [0.1, 0.15) is 5.75 Å². The molecule has 1 heterocycles. The molecule has 0 spiro atoms. The maximum atomic E-state index is 12.0. The van der Waals surface area contributed by atoms with Gasteiger partial charge >= 0.3 is 5.91 Å². The zero-order valence-corrected chi connectivity index (χ0v) is 16.0. The second-order valence-electron chi connectivity index (χ2n) is 5.99. The van der Waals surface area contributed by atoms with Gasteiger partial charge in [0, 0.05) is 15.9 Å². The average molecular weight is 416 g/mol. The Labute approximate surface area is 159 Å². The van der Waals surface area contributed by atoms with Crippen LogP contribution in [0.15, 0.2) is 63.2 Å². The van der Waals surface area contributed by atoms with Gasteiger partial charge in [-0.25, -0.2) is 0 Å². The minimum absolute atomic E-state index is 0.0198. The molecule has 0 radical (unpaired) electrons. The summed E-state index contributed by atoms with van der Waals surface area (Å²) in [6, 6.07) is 14.6. The highest BCUT2D eigenvalue weighted by Crippen LogP contribution is 2.41. The van der Waals surface area contributed by atoms with Crippen LogP contribution < -0.4 is 4.74 Å². The molecule has 0 aliphatic heterocycles. The Kier molecular flexibility index (Phi) is 5.37. The van der Waals surface area contributed by atoms with Crippen molar-refractivity contribution in [2.75, 3.05) is 6.61 Å². The third kappa shape index (κ3) is 3.77. The van der Waals surface area contributed by atoms with Crippen molar-refractivity contribution >= 4 is 38.4 Å². The summed E-state index contributed by atoms with van der Waals surface area (Å²) in [7, 11) is 0. The number of ether oxygens (including phenoxy) is 1. The summed E-state index contributed by atoms with van der Waals surface area (Å²) >= 11 is 3.42. The lowest BCUT2D eigenvalue weighted by Gasteiger charge is -2.10. The molecule has 0 saturated heterocycles. The van der Waals surface area contributed by atoms with Crippen LogP contribution in [0.3, 0.4) is 0 Å². The number of hydrogen-bond acceptors (Lipinski definition) is 4. The van der Waals surface area contributed by atoms with Gasteiger partial charge in [-0.2, -0.15) is 0 Å². The van der Waals surface area contributed by atoms with Gasteiger partial charge in [0.05, 0.1) is 5.52 Å². The monoisotopic (exact) mass is 415 g/mol. The van der Waals surface area contributed by atoms with Crippen molar-refractivity contribution < 1.29 is 14.6 Å². The number of benzene rings is 2. The van der Waals surface area contributed by atoms with Crippen molar-refractivity contribution in [3.63, 3.8) is 0 Å². The number of carbonyl (C=O) groups excluding carboxylic acids is 1. The standard InChI is InChI=1S/C19H18BrN3O3/c1-12(2)23-16-9-8-13(20)10-15(16)18(19(23)25)22-21-17(24)11-26-14-6-4-3-5-7-14/h3-10,12,25H,11H2,1-2H3. The Morgan fingerprint density at radius 1 is 1.23 bits per heavy atom. The lowest BCUT2D eigenvalue weighted by Crippen LogP contribution is -2.07. The van der Waals surface area contributed by atoms with Crippen molar-refractivity contribution in [2.45, 2.75) is 19.9 Å². The molecule has 7 heteroatoms. The number of hydrogen-bond donors (Lipinski definition) is 1. The van der Waals surface area contributed by atoms with Crippen molar-refractivity contribution in [3.05, 3.63) is 53.0 Å². The van der Waals surface area contributed by atoms with Crippen LogP contribution in [0.1, 0.15) is 19.9 Å². The summed E-state index contributed by atoms with van der Waals surface area (Å²) in [5.41, 5.74) is 1.09. The number of fused-ring (bicyclic) bond motifs is 1. The zero-order chi connectivity index (χ0) is 18.7. The predicted molar refractivity (Wildman–Crippen MR) is 103 cm³/mol. The summed E-state index contributed by atoms with van der Waals surface area (Å²) in [4.78, 5) is 12.0. The molecule has 2 aromatic carbocycles. The average Bonchev–Trinajstić information content (AvgIpc) is 2.90. The smallest absolute Gasteiger partial charge is 0.302 e. The molecule has 0 bridgehead atoms. The molecule has 3 aromatic rings. The number of azo groups is 1. The molecule has 1 N–H and O–H groups in total. The van der Waals surface area contributed by atoms with E-state index in [0.717, 1.165) is 9.99 Å². The quantitative estimate of drug-likeness (QED) is 0.568. The Morgan fingerprint density at radius 3 is 2.65 bits per heavy atom. The van der Waals surface area contributed by atoms with Crippen LogP contribution in [0.4, 0.5) is 5.69 Å². The molecule has 1 amide bonds. The fourth-order valence-corrected chi connectivity index (χ4v) is 3.04.